The minimum Gasteiger partial charge on any atom is -0.375 e. The van der Waals surface area contributed by atoms with Crippen LogP contribution in [0.5, 0.6) is 0 Å². The fraction of sp³-hybridized carbons (Fsp3) is 0.786. The highest BCUT2D eigenvalue weighted by molar-refractivity contribution is 5.76. The first-order chi connectivity index (χ1) is 10.2. The summed E-state index contributed by atoms with van der Waals surface area (Å²) in [6, 6.07) is 0. The third-order valence-corrected chi connectivity index (χ3v) is 3.91. The van der Waals surface area contributed by atoms with Crippen molar-refractivity contribution >= 4 is 5.91 Å². The number of amides is 1. The van der Waals surface area contributed by atoms with Gasteiger partial charge in [-0.1, -0.05) is 5.21 Å². The number of nitrogens with zero attached hydrogens (tertiary/aromatic N) is 4. The van der Waals surface area contributed by atoms with Crippen molar-refractivity contribution in [1.82, 2.24) is 25.2 Å². The highest BCUT2D eigenvalue weighted by Crippen LogP contribution is 2.27. The van der Waals surface area contributed by atoms with E-state index in [9.17, 15) is 4.79 Å². The molecule has 7 nitrogen and oxygen atoms in total. The molecule has 1 aromatic heterocycles. The number of rotatable bonds is 6. The first-order valence-electron chi connectivity index (χ1n) is 7.70. The number of hydrogen-bond donors (Lipinski definition) is 1. The molecule has 7 heteroatoms. The van der Waals surface area contributed by atoms with E-state index in [-0.39, 0.29) is 18.6 Å². The number of carbonyl (C=O) groups excluding carboxylic acids is 1. The number of hydrogen-bond acceptors (Lipinski definition) is 5. The zero-order valence-electron chi connectivity index (χ0n) is 12.5. The zero-order chi connectivity index (χ0) is 14.7. The van der Waals surface area contributed by atoms with Gasteiger partial charge in [-0.2, -0.15) is 0 Å². The van der Waals surface area contributed by atoms with Gasteiger partial charge in [0.2, 0.25) is 5.91 Å². The largest absolute Gasteiger partial charge is 0.375 e. The highest BCUT2D eigenvalue weighted by atomic mass is 16.5. The normalized spacial score (nSPS) is 22.5. The van der Waals surface area contributed by atoms with Crippen molar-refractivity contribution in [3.63, 3.8) is 0 Å². The Hall–Kier alpha value is -1.47. The van der Waals surface area contributed by atoms with Crippen molar-refractivity contribution in [2.75, 3.05) is 26.2 Å². The lowest BCUT2D eigenvalue weighted by atomic mass is 10.3. The van der Waals surface area contributed by atoms with Gasteiger partial charge in [0.1, 0.15) is 6.54 Å². The van der Waals surface area contributed by atoms with Crippen LogP contribution in [0.1, 0.15) is 25.5 Å². The summed E-state index contributed by atoms with van der Waals surface area (Å²) in [5.74, 6) is 0.928. The van der Waals surface area contributed by atoms with E-state index in [1.807, 2.05) is 18.0 Å². The molecule has 1 N–H and O–H groups in total. The molecular weight excluding hydrogens is 270 g/mol. The fourth-order valence-electron chi connectivity index (χ4n) is 2.51. The summed E-state index contributed by atoms with van der Waals surface area (Å²) < 4.78 is 7.07. The van der Waals surface area contributed by atoms with Crippen LogP contribution in [0.25, 0.3) is 0 Å². The molecule has 21 heavy (non-hydrogen) atoms. The Morgan fingerprint density at radius 3 is 3.14 bits per heavy atom. The van der Waals surface area contributed by atoms with Crippen LogP contribution >= 0.6 is 0 Å². The molecule has 1 saturated heterocycles. The van der Waals surface area contributed by atoms with Gasteiger partial charge < -0.3 is 15.0 Å². The SMILES string of the molecule is CC1CN(C(=O)Cn2cc(CNCC3CC3)nn2)CCO1. The number of nitrogens with one attached hydrogen (secondary N) is 1. The lowest BCUT2D eigenvalue weighted by Gasteiger charge is -2.31. The fourth-order valence-corrected chi connectivity index (χ4v) is 2.51. The summed E-state index contributed by atoms with van der Waals surface area (Å²) >= 11 is 0. The molecule has 0 spiro atoms. The van der Waals surface area contributed by atoms with Gasteiger partial charge >= 0.3 is 0 Å². The van der Waals surface area contributed by atoms with Gasteiger partial charge in [0.25, 0.3) is 0 Å². The number of aromatic nitrogens is 3. The van der Waals surface area contributed by atoms with Gasteiger partial charge in [-0.25, -0.2) is 4.68 Å². The molecule has 1 unspecified atom stereocenters. The average molecular weight is 293 g/mol. The van der Waals surface area contributed by atoms with E-state index < -0.39 is 0 Å². The van der Waals surface area contributed by atoms with E-state index in [1.165, 1.54) is 12.8 Å². The predicted octanol–water partition coefficient (Wildman–Crippen LogP) is 0.0250. The maximum atomic E-state index is 12.2. The van der Waals surface area contributed by atoms with Crippen molar-refractivity contribution in [3.05, 3.63) is 11.9 Å². The van der Waals surface area contributed by atoms with Gasteiger partial charge in [0, 0.05) is 19.6 Å². The molecule has 1 aliphatic carbocycles. The first kappa shape index (κ1) is 14.5. The minimum absolute atomic E-state index is 0.0764. The van der Waals surface area contributed by atoms with Gasteiger partial charge in [-0.3, -0.25) is 4.79 Å². The van der Waals surface area contributed by atoms with Gasteiger partial charge in [0.15, 0.2) is 0 Å². The first-order valence-corrected chi connectivity index (χ1v) is 7.70. The van der Waals surface area contributed by atoms with Crippen molar-refractivity contribution in [2.24, 2.45) is 5.92 Å². The third-order valence-electron chi connectivity index (χ3n) is 3.91. The molecule has 1 aromatic rings. The van der Waals surface area contributed by atoms with Crippen LogP contribution < -0.4 is 5.32 Å². The lowest BCUT2D eigenvalue weighted by molar-refractivity contribution is -0.139. The maximum Gasteiger partial charge on any atom is 0.244 e. The van der Waals surface area contributed by atoms with Gasteiger partial charge in [-0.05, 0) is 32.2 Å². The predicted molar refractivity (Wildman–Crippen MR) is 76.4 cm³/mol. The van der Waals surface area contributed by atoms with E-state index in [4.69, 9.17) is 4.74 Å². The summed E-state index contributed by atoms with van der Waals surface area (Å²) in [6.07, 6.45) is 4.64. The summed E-state index contributed by atoms with van der Waals surface area (Å²) in [4.78, 5) is 14.0. The van der Waals surface area contributed by atoms with Crippen LogP contribution in [0, 0.1) is 5.92 Å². The summed E-state index contributed by atoms with van der Waals surface area (Å²) in [6.45, 7) is 5.94. The number of morpholine rings is 1. The van der Waals surface area contributed by atoms with Crippen LogP contribution in [0.2, 0.25) is 0 Å². The van der Waals surface area contributed by atoms with Crippen LogP contribution in [-0.4, -0.2) is 58.1 Å². The Bertz CT molecular complexity index is 485. The quantitative estimate of drug-likeness (QED) is 0.801. The van der Waals surface area contributed by atoms with E-state index in [2.05, 4.69) is 15.6 Å². The summed E-state index contributed by atoms with van der Waals surface area (Å²) in [5.41, 5.74) is 0.888. The average Bonchev–Trinajstić information content (AvgIpc) is 3.18. The second-order valence-electron chi connectivity index (χ2n) is 6.00. The summed E-state index contributed by atoms with van der Waals surface area (Å²) in [5, 5.41) is 11.5. The Morgan fingerprint density at radius 2 is 2.38 bits per heavy atom. The Morgan fingerprint density at radius 1 is 1.52 bits per heavy atom. The smallest absolute Gasteiger partial charge is 0.244 e. The van der Waals surface area contributed by atoms with Gasteiger partial charge in [0.05, 0.1) is 24.6 Å². The van der Waals surface area contributed by atoms with Crippen LogP contribution in [0.4, 0.5) is 0 Å². The highest BCUT2D eigenvalue weighted by Gasteiger charge is 2.22. The minimum atomic E-state index is 0.0764. The Balaban J connectivity index is 1.45. The van der Waals surface area contributed by atoms with Crippen molar-refractivity contribution < 1.29 is 9.53 Å². The molecule has 0 aromatic carbocycles. The topological polar surface area (TPSA) is 72.3 Å². The molecular formula is C14H23N5O2. The van der Waals surface area contributed by atoms with Crippen molar-refractivity contribution in [3.8, 4) is 0 Å². The van der Waals surface area contributed by atoms with Crippen LogP contribution in [-0.2, 0) is 22.6 Å². The molecule has 0 radical (unpaired) electrons. The Labute approximate surface area is 124 Å². The van der Waals surface area contributed by atoms with Gasteiger partial charge in [-0.15, -0.1) is 5.10 Å². The van der Waals surface area contributed by atoms with E-state index in [0.29, 0.717) is 19.7 Å². The second kappa shape index (κ2) is 6.53. The molecule has 116 valence electrons. The number of ether oxygens (including phenoxy) is 1. The standard InChI is InChI=1S/C14H23N5O2/c1-11-8-18(4-5-21-11)14(20)10-19-9-13(16-17-19)7-15-6-12-2-3-12/h9,11-12,15H,2-8,10H2,1H3. The molecule has 2 heterocycles. The van der Waals surface area contributed by atoms with Crippen molar-refractivity contribution in [2.45, 2.75) is 39.0 Å². The summed E-state index contributed by atoms with van der Waals surface area (Å²) in [7, 11) is 0. The third kappa shape index (κ3) is 4.25. The monoisotopic (exact) mass is 293 g/mol. The molecule has 2 fully saturated rings. The lowest BCUT2D eigenvalue weighted by Crippen LogP contribution is -2.45. The van der Waals surface area contributed by atoms with Crippen LogP contribution in [0.15, 0.2) is 6.20 Å². The molecule has 1 saturated carbocycles. The van der Waals surface area contributed by atoms with E-state index in [0.717, 1.165) is 24.7 Å². The molecule has 1 aliphatic heterocycles. The van der Waals surface area contributed by atoms with Crippen molar-refractivity contribution in [1.29, 1.82) is 0 Å². The Kier molecular flexibility index (Phi) is 4.50. The molecule has 2 aliphatic rings. The van der Waals surface area contributed by atoms with E-state index in [1.54, 1.807) is 4.68 Å². The molecule has 3 rings (SSSR count). The second-order valence-corrected chi connectivity index (χ2v) is 6.00. The zero-order valence-corrected chi connectivity index (χ0v) is 12.5. The maximum absolute atomic E-state index is 12.2. The number of carbonyl (C=O) groups is 1. The van der Waals surface area contributed by atoms with Crippen LogP contribution in [0.3, 0.4) is 0 Å². The van der Waals surface area contributed by atoms with E-state index >= 15 is 0 Å². The molecule has 1 atom stereocenters. The molecule has 0 bridgehead atoms. The molecule has 1 amide bonds.